The molecule has 2 N–H and O–H groups in total. The number of carbonyl (C=O) groups is 2. The number of aromatic nitrogens is 1. The third-order valence-electron chi connectivity index (χ3n) is 9.41. The van der Waals surface area contributed by atoms with Gasteiger partial charge in [0.25, 0.3) is 5.91 Å². The molecule has 4 saturated carbocycles. The van der Waals surface area contributed by atoms with Crippen molar-refractivity contribution in [3.63, 3.8) is 0 Å². The number of carbonyl (C=O) groups excluding carboxylic acids is 1. The Bertz CT molecular complexity index is 979. The molecule has 3 atom stereocenters. The number of piperidine rings is 1. The quantitative estimate of drug-likeness (QED) is 0.473. The molecule has 198 valence electrons. The summed E-state index contributed by atoms with van der Waals surface area (Å²) in [7, 11) is 3.84. The van der Waals surface area contributed by atoms with Crippen molar-refractivity contribution in [2.45, 2.75) is 86.8 Å². The van der Waals surface area contributed by atoms with Crippen LogP contribution in [0.4, 0.5) is 0 Å². The molecule has 8 heteroatoms. The van der Waals surface area contributed by atoms with Crippen LogP contribution in [-0.4, -0.2) is 71.5 Å². The molecular weight excluding hydrogens is 474 g/mol. The molecule has 1 saturated heterocycles. The molecular formula is C28H41N3O4S. The highest BCUT2D eigenvalue weighted by Crippen LogP contribution is 2.58. The Kier molecular flexibility index (Phi) is 7.40. The first kappa shape index (κ1) is 26.0. The Balaban J connectivity index is 1.43. The van der Waals surface area contributed by atoms with Gasteiger partial charge in [0.05, 0.1) is 17.6 Å². The average Bonchev–Trinajstić information content (AvgIpc) is 2.86. The molecule has 4 aliphatic carbocycles. The van der Waals surface area contributed by atoms with Crippen molar-refractivity contribution >= 4 is 23.6 Å². The molecule has 1 aliphatic heterocycles. The van der Waals surface area contributed by atoms with E-state index < -0.39 is 11.4 Å². The maximum Gasteiger partial charge on any atom is 0.304 e. The summed E-state index contributed by atoms with van der Waals surface area (Å²) in [6, 6.07) is 4.09. The highest BCUT2D eigenvalue weighted by molar-refractivity contribution is 7.99. The molecule has 0 spiro atoms. The average molecular weight is 516 g/mol. The number of methoxy groups -OCH3 is 1. The molecule has 5 aliphatic rings. The molecule has 1 aromatic heterocycles. The van der Waals surface area contributed by atoms with E-state index in [4.69, 9.17) is 9.72 Å². The van der Waals surface area contributed by atoms with Gasteiger partial charge in [-0.1, -0.05) is 6.92 Å². The van der Waals surface area contributed by atoms with Crippen LogP contribution in [0.25, 0.3) is 0 Å². The Morgan fingerprint density at radius 2 is 2.00 bits per heavy atom. The van der Waals surface area contributed by atoms with Gasteiger partial charge < -0.3 is 20.1 Å². The number of hydrogen-bond acceptors (Lipinski definition) is 6. The van der Waals surface area contributed by atoms with Gasteiger partial charge in [-0.15, -0.1) is 11.8 Å². The van der Waals surface area contributed by atoms with Crippen molar-refractivity contribution in [2.24, 2.45) is 17.8 Å². The fourth-order valence-electron chi connectivity index (χ4n) is 8.06. The Morgan fingerprint density at radius 1 is 1.25 bits per heavy atom. The zero-order valence-electron chi connectivity index (χ0n) is 21.9. The lowest BCUT2D eigenvalue weighted by atomic mass is 9.52. The number of carboxylic acids is 1. The van der Waals surface area contributed by atoms with Crippen LogP contribution in [0.5, 0.6) is 0 Å². The van der Waals surface area contributed by atoms with E-state index in [1.807, 2.05) is 31.2 Å². The van der Waals surface area contributed by atoms with Crippen LogP contribution in [0.15, 0.2) is 17.2 Å². The van der Waals surface area contributed by atoms with Gasteiger partial charge in [-0.05, 0) is 93.6 Å². The van der Waals surface area contributed by atoms with Crippen LogP contribution in [0.2, 0.25) is 0 Å². The van der Waals surface area contributed by atoms with Gasteiger partial charge in [-0.25, -0.2) is 4.98 Å². The number of pyridine rings is 1. The highest BCUT2D eigenvalue weighted by Gasteiger charge is 2.57. The molecule has 2 heterocycles. The lowest BCUT2D eigenvalue weighted by Gasteiger charge is -2.60. The van der Waals surface area contributed by atoms with Crippen molar-refractivity contribution in [3.8, 4) is 0 Å². The van der Waals surface area contributed by atoms with Crippen LogP contribution in [0.1, 0.15) is 80.8 Å². The maximum atomic E-state index is 14.0. The third-order valence-corrected chi connectivity index (χ3v) is 10.6. The summed E-state index contributed by atoms with van der Waals surface area (Å²) in [5.74, 6) is 1.84. The molecule has 7 nitrogen and oxygen atoms in total. The van der Waals surface area contributed by atoms with Gasteiger partial charge in [0.1, 0.15) is 5.03 Å². The van der Waals surface area contributed by atoms with Gasteiger partial charge in [-0.2, -0.15) is 0 Å². The van der Waals surface area contributed by atoms with E-state index in [0.29, 0.717) is 23.9 Å². The molecule has 1 aromatic rings. The second-order valence-electron chi connectivity index (χ2n) is 11.8. The summed E-state index contributed by atoms with van der Waals surface area (Å²) >= 11 is 1.62. The van der Waals surface area contributed by atoms with Gasteiger partial charge in [0, 0.05) is 37.9 Å². The normalized spacial score (nSPS) is 35.1. The number of nitrogens with one attached hydrogen (secondary N) is 1. The zero-order valence-corrected chi connectivity index (χ0v) is 22.7. The first-order valence-corrected chi connectivity index (χ1v) is 14.7. The standard InChI is InChI=1S/C28H41N3O4S/c1-4-10-36-25-21(6-7-22(30-25)27(16-23(32)33)8-5-9-29-17-27)26(34)31(2)24-19-11-18-12-20(24)15-28(13-18,14-19)35-3/h6-7,18-20,24,29H,4-5,8-17H2,1-3H3,(H,32,33)/t18?,19?,20?,24-,27-,28+/m0/s1. The van der Waals surface area contributed by atoms with E-state index >= 15 is 0 Å². The third kappa shape index (κ3) is 4.69. The van der Waals surface area contributed by atoms with Crippen molar-refractivity contribution in [3.05, 3.63) is 23.4 Å². The SMILES string of the molecule is CCCSc1nc([C@]2(CC(=O)O)CCCNC2)ccc1C(=O)N(C)[C@H]1C2CC3CC1C[C@@](OC)(C3)C2. The Hall–Kier alpha value is -1.64. The number of nitrogens with zero attached hydrogens (tertiary/aromatic N) is 2. The molecule has 1 amide bonds. The number of ether oxygens (including phenoxy) is 1. The summed E-state index contributed by atoms with van der Waals surface area (Å²) in [6.45, 7) is 3.63. The lowest BCUT2D eigenvalue weighted by molar-refractivity contribution is -0.168. The first-order valence-electron chi connectivity index (χ1n) is 13.7. The molecule has 4 bridgehead atoms. The smallest absolute Gasteiger partial charge is 0.304 e. The van der Waals surface area contributed by atoms with E-state index in [1.165, 1.54) is 19.3 Å². The maximum absolute atomic E-state index is 14.0. The van der Waals surface area contributed by atoms with Crippen molar-refractivity contribution < 1.29 is 19.4 Å². The number of thioether (sulfide) groups is 1. The molecule has 36 heavy (non-hydrogen) atoms. The van der Waals surface area contributed by atoms with Crippen LogP contribution in [0, 0.1) is 17.8 Å². The van der Waals surface area contributed by atoms with Crippen LogP contribution < -0.4 is 5.32 Å². The predicted octanol–water partition coefficient (Wildman–Crippen LogP) is 4.35. The number of rotatable bonds is 9. The Labute approximate surface area is 219 Å². The van der Waals surface area contributed by atoms with Gasteiger partial charge in [-0.3, -0.25) is 9.59 Å². The summed E-state index contributed by atoms with van der Waals surface area (Å²) in [5.41, 5.74) is 0.944. The molecule has 0 radical (unpaired) electrons. The van der Waals surface area contributed by atoms with E-state index in [9.17, 15) is 14.7 Å². The van der Waals surface area contributed by atoms with Gasteiger partial charge in [0.2, 0.25) is 0 Å². The Morgan fingerprint density at radius 3 is 2.61 bits per heavy atom. The van der Waals surface area contributed by atoms with Crippen molar-refractivity contribution in [1.29, 1.82) is 0 Å². The summed E-state index contributed by atoms with van der Waals surface area (Å²) in [4.78, 5) is 32.8. The van der Waals surface area contributed by atoms with Crippen LogP contribution in [-0.2, 0) is 14.9 Å². The molecule has 2 unspecified atom stereocenters. The fourth-order valence-corrected chi connectivity index (χ4v) is 8.93. The van der Waals surface area contributed by atoms with Crippen molar-refractivity contribution in [1.82, 2.24) is 15.2 Å². The summed E-state index contributed by atoms with van der Waals surface area (Å²) < 4.78 is 6.03. The summed E-state index contributed by atoms with van der Waals surface area (Å²) in [6.07, 6.45) is 8.42. The minimum absolute atomic E-state index is 0.0225. The molecule has 5 fully saturated rings. The zero-order chi connectivity index (χ0) is 25.5. The lowest BCUT2D eigenvalue weighted by Crippen LogP contribution is -2.62. The van der Waals surface area contributed by atoms with Gasteiger partial charge in [0.15, 0.2) is 0 Å². The monoisotopic (exact) mass is 515 g/mol. The van der Waals surface area contributed by atoms with E-state index in [2.05, 4.69) is 12.2 Å². The van der Waals surface area contributed by atoms with Crippen LogP contribution in [0.3, 0.4) is 0 Å². The largest absolute Gasteiger partial charge is 0.481 e. The number of amides is 1. The first-order chi connectivity index (χ1) is 17.3. The second kappa shape index (κ2) is 10.3. The number of carboxylic acid groups (broad SMARTS) is 1. The number of hydrogen-bond donors (Lipinski definition) is 2. The summed E-state index contributed by atoms with van der Waals surface area (Å²) in [5, 5.41) is 13.8. The van der Waals surface area contributed by atoms with E-state index in [0.717, 1.165) is 61.0 Å². The highest BCUT2D eigenvalue weighted by atomic mass is 32.2. The molecule has 6 rings (SSSR count). The van der Waals surface area contributed by atoms with E-state index in [-0.39, 0.29) is 24.0 Å². The molecule has 0 aromatic carbocycles. The van der Waals surface area contributed by atoms with Crippen molar-refractivity contribution in [2.75, 3.05) is 33.0 Å². The predicted molar refractivity (Wildman–Crippen MR) is 140 cm³/mol. The van der Waals surface area contributed by atoms with Gasteiger partial charge >= 0.3 is 5.97 Å². The minimum Gasteiger partial charge on any atom is -0.481 e. The fraction of sp³-hybridized carbons (Fsp3) is 0.750. The second-order valence-corrected chi connectivity index (χ2v) is 12.9. The minimum atomic E-state index is -0.807. The van der Waals surface area contributed by atoms with Crippen LogP contribution >= 0.6 is 11.8 Å². The van der Waals surface area contributed by atoms with E-state index in [1.54, 1.807) is 11.8 Å². The topological polar surface area (TPSA) is 91.8 Å². The number of aliphatic carboxylic acids is 1.